The lowest BCUT2D eigenvalue weighted by atomic mass is 10.2. The van der Waals surface area contributed by atoms with E-state index in [4.69, 9.17) is 10.5 Å². The highest BCUT2D eigenvalue weighted by Crippen LogP contribution is 2.19. The van der Waals surface area contributed by atoms with E-state index in [0.717, 1.165) is 5.56 Å². The van der Waals surface area contributed by atoms with E-state index in [1.807, 2.05) is 24.3 Å². The van der Waals surface area contributed by atoms with Crippen LogP contribution in [0.25, 0.3) is 6.08 Å². The molecule has 4 N–H and O–H groups in total. The molecule has 0 aliphatic rings. The number of rotatable bonds is 5. The average Bonchev–Trinajstić information content (AvgIpc) is 2.53. The van der Waals surface area contributed by atoms with Crippen molar-refractivity contribution in [3.05, 3.63) is 60.2 Å². The minimum Gasteiger partial charge on any atom is -0.496 e. The van der Waals surface area contributed by atoms with Crippen LogP contribution in [0.15, 0.2) is 54.6 Å². The number of urea groups is 1. The van der Waals surface area contributed by atoms with Gasteiger partial charge in [-0.05, 0) is 30.3 Å². The summed E-state index contributed by atoms with van der Waals surface area (Å²) in [7, 11) is 1.57. The van der Waals surface area contributed by atoms with Gasteiger partial charge in [0.2, 0.25) is 5.91 Å². The van der Waals surface area contributed by atoms with Gasteiger partial charge in [-0.2, -0.15) is 0 Å². The first-order valence-corrected chi connectivity index (χ1v) is 6.87. The van der Waals surface area contributed by atoms with E-state index in [2.05, 4.69) is 10.6 Å². The van der Waals surface area contributed by atoms with Crippen LogP contribution >= 0.6 is 0 Å². The highest BCUT2D eigenvalue weighted by Gasteiger charge is 2.02. The summed E-state index contributed by atoms with van der Waals surface area (Å²) >= 11 is 0. The van der Waals surface area contributed by atoms with Gasteiger partial charge in [-0.15, -0.1) is 0 Å². The molecule has 6 nitrogen and oxygen atoms in total. The second-order valence-electron chi connectivity index (χ2n) is 4.63. The lowest BCUT2D eigenvalue weighted by Crippen LogP contribution is -2.19. The molecule has 0 saturated heterocycles. The van der Waals surface area contributed by atoms with Crippen molar-refractivity contribution in [1.82, 2.24) is 0 Å². The van der Waals surface area contributed by atoms with E-state index in [0.29, 0.717) is 17.1 Å². The number of benzene rings is 2. The van der Waals surface area contributed by atoms with E-state index < -0.39 is 6.03 Å². The van der Waals surface area contributed by atoms with Gasteiger partial charge in [0.15, 0.2) is 0 Å². The SMILES string of the molecule is COc1ccccc1/C=C/C(=O)Nc1cccc(NC(N)=O)c1. The van der Waals surface area contributed by atoms with E-state index >= 15 is 0 Å². The molecule has 6 heteroatoms. The Morgan fingerprint density at radius 3 is 2.43 bits per heavy atom. The van der Waals surface area contributed by atoms with Gasteiger partial charge < -0.3 is 21.1 Å². The molecule has 0 saturated carbocycles. The van der Waals surface area contributed by atoms with Crippen molar-refractivity contribution in [3.63, 3.8) is 0 Å². The number of carbonyl (C=O) groups is 2. The molecule has 0 aromatic heterocycles. The molecule has 0 unspecified atom stereocenters. The number of nitrogens with one attached hydrogen (secondary N) is 2. The van der Waals surface area contributed by atoms with Gasteiger partial charge in [0.05, 0.1) is 7.11 Å². The Balaban J connectivity index is 2.04. The number of hydrogen-bond acceptors (Lipinski definition) is 3. The number of carbonyl (C=O) groups excluding carboxylic acids is 2. The number of para-hydroxylation sites is 1. The van der Waals surface area contributed by atoms with E-state index in [9.17, 15) is 9.59 Å². The molecule has 2 aromatic carbocycles. The highest BCUT2D eigenvalue weighted by atomic mass is 16.5. The molecule has 2 aromatic rings. The summed E-state index contributed by atoms with van der Waals surface area (Å²) < 4.78 is 5.21. The molecule has 0 heterocycles. The Hall–Kier alpha value is -3.28. The van der Waals surface area contributed by atoms with Crippen LogP contribution in [-0.4, -0.2) is 19.0 Å². The van der Waals surface area contributed by atoms with Crippen molar-refractivity contribution in [1.29, 1.82) is 0 Å². The monoisotopic (exact) mass is 311 g/mol. The Kier molecular flexibility index (Phi) is 5.35. The molecule has 3 amide bonds. The van der Waals surface area contributed by atoms with Crippen molar-refractivity contribution < 1.29 is 14.3 Å². The van der Waals surface area contributed by atoms with Crippen molar-refractivity contribution in [2.24, 2.45) is 5.73 Å². The van der Waals surface area contributed by atoms with Crippen LogP contribution in [0.4, 0.5) is 16.2 Å². The Morgan fingerprint density at radius 1 is 1.04 bits per heavy atom. The van der Waals surface area contributed by atoms with Crippen LogP contribution in [0.1, 0.15) is 5.56 Å². The average molecular weight is 311 g/mol. The summed E-state index contributed by atoms with van der Waals surface area (Å²) in [5, 5.41) is 5.15. The smallest absolute Gasteiger partial charge is 0.316 e. The molecule has 0 fully saturated rings. The van der Waals surface area contributed by atoms with Crippen LogP contribution in [0.2, 0.25) is 0 Å². The van der Waals surface area contributed by atoms with Crippen LogP contribution < -0.4 is 21.1 Å². The highest BCUT2D eigenvalue weighted by molar-refractivity contribution is 6.02. The van der Waals surface area contributed by atoms with Crippen LogP contribution in [0, 0.1) is 0 Å². The standard InChI is InChI=1S/C17H17N3O3/c1-23-15-8-3-2-5-12(15)9-10-16(21)19-13-6-4-7-14(11-13)20-17(18)22/h2-11H,1H3,(H,19,21)(H3,18,20,22)/b10-9+. The van der Waals surface area contributed by atoms with Gasteiger partial charge in [-0.25, -0.2) is 4.79 Å². The second kappa shape index (κ2) is 7.65. The first-order chi connectivity index (χ1) is 11.1. The number of methoxy groups -OCH3 is 1. The number of anilines is 2. The maximum absolute atomic E-state index is 12.0. The zero-order valence-corrected chi connectivity index (χ0v) is 12.6. The maximum Gasteiger partial charge on any atom is 0.316 e. The summed E-state index contributed by atoms with van der Waals surface area (Å²) in [6.07, 6.45) is 3.08. The third-order valence-corrected chi connectivity index (χ3v) is 2.95. The molecule has 2 rings (SSSR count). The van der Waals surface area contributed by atoms with Crippen molar-refractivity contribution in [3.8, 4) is 5.75 Å². The topological polar surface area (TPSA) is 93.4 Å². The van der Waals surface area contributed by atoms with Gasteiger partial charge in [-0.1, -0.05) is 24.3 Å². The number of nitrogens with two attached hydrogens (primary N) is 1. The van der Waals surface area contributed by atoms with E-state index in [-0.39, 0.29) is 5.91 Å². The van der Waals surface area contributed by atoms with Crippen LogP contribution in [-0.2, 0) is 4.79 Å². The zero-order valence-electron chi connectivity index (χ0n) is 12.6. The summed E-state index contributed by atoms with van der Waals surface area (Å²) in [5.74, 6) is 0.385. The second-order valence-corrected chi connectivity index (χ2v) is 4.63. The summed E-state index contributed by atoms with van der Waals surface area (Å²) in [5.41, 5.74) is 6.91. The molecule has 23 heavy (non-hydrogen) atoms. The fraction of sp³-hybridized carbons (Fsp3) is 0.0588. The predicted molar refractivity (Wildman–Crippen MR) is 90.3 cm³/mol. The minimum absolute atomic E-state index is 0.299. The minimum atomic E-state index is -0.662. The summed E-state index contributed by atoms with van der Waals surface area (Å²) in [4.78, 5) is 22.8. The van der Waals surface area contributed by atoms with Crippen molar-refractivity contribution in [2.75, 3.05) is 17.7 Å². The molecule has 0 spiro atoms. The molecule has 0 bridgehead atoms. The molecule has 0 atom stereocenters. The number of amides is 3. The van der Waals surface area contributed by atoms with E-state index in [1.54, 1.807) is 37.5 Å². The van der Waals surface area contributed by atoms with Crippen molar-refractivity contribution >= 4 is 29.4 Å². The predicted octanol–water partition coefficient (Wildman–Crippen LogP) is 2.84. The first kappa shape index (κ1) is 16.1. The Bertz CT molecular complexity index is 741. The molecule has 0 radical (unpaired) electrons. The van der Waals surface area contributed by atoms with Gasteiger partial charge in [-0.3, -0.25) is 4.79 Å². The Labute approximate surface area is 133 Å². The number of ether oxygens (including phenoxy) is 1. The third kappa shape index (κ3) is 4.89. The normalized spacial score (nSPS) is 10.3. The van der Waals surface area contributed by atoms with Crippen molar-refractivity contribution in [2.45, 2.75) is 0 Å². The molecule has 0 aliphatic heterocycles. The number of hydrogen-bond donors (Lipinski definition) is 3. The van der Waals surface area contributed by atoms with Crippen LogP contribution in [0.5, 0.6) is 5.75 Å². The summed E-state index contributed by atoms with van der Waals surface area (Å²) in [6, 6.07) is 13.4. The van der Waals surface area contributed by atoms with Crippen LogP contribution in [0.3, 0.4) is 0 Å². The first-order valence-electron chi connectivity index (χ1n) is 6.87. The summed E-state index contributed by atoms with van der Waals surface area (Å²) in [6.45, 7) is 0. The molecule has 118 valence electrons. The van der Waals surface area contributed by atoms with Gasteiger partial charge in [0, 0.05) is 23.0 Å². The quantitative estimate of drug-likeness (QED) is 0.741. The lowest BCUT2D eigenvalue weighted by molar-refractivity contribution is -0.111. The van der Waals surface area contributed by atoms with Gasteiger partial charge in [0.25, 0.3) is 0 Å². The Morgan fingerprint density at radius 2 is 1.74 bits per heavy atom. The fourth-order valence-corrected chi connectivity index (χ4v) is 1.97. The molecular weight excluding hydrogens is 294 g/mol. The number of primary amides is 1. The molecular formula is C17H17N3O3. The molecule has 0 aliphatic carbocycles. The van der Waals surface area contributed by atoms with E-state index in [1.165, 1.54) is 6.08 Å². The van der Waals surface area contributed by atoms with Gasteiger partial charge in [0.1, 0.15) is 5.75 Å². The maximum atomic E-state index is 12.0. The zero-order chi connectivity index (χ0) is 16.7. The fourth-order valence-electron chi connectivity index (χ4n) is 1.97. The third-order valence-electron chi connectivity index (χ3n) is 2.95. The largest absolute Gasteiger partial charge is 0.496 e. The van der Waals surface area contributed by atoms with Gasteiger partial charge >= 0.3 is 6.03 Å². The lowest BCUT2D eigenvalue weighted by Gasteiger charge is -2.06.